The van der Waals surface area contributed by atoms with Gasteiger partial charge in [0.05, 0.1) is 30.6 Å². The highest BCUT2D eigenvalue weighted by molar-refractivity contribution is 5.89. The van der Waals surface area contributed by atoms with Crippen molar-refractivity contribution in [3.05, 3.63) is 30.6 Å². The summed E-state index contributed by atoms with van der Waals surface area (Å²) in [5.74, 6) is 0.851. The van der Waals surface area contributed by atoms with Crippen molar-refractivity contribution >= 4 is 11.7 Å². The smallest absolute Gasteiger partial charge is 0.322 e. The van der Waals surface area contributed by atoms with E-state index in [9.17, 15) is 4.79 Å². The lowest BCUT2D eigenvalue weighted by molar-refractivity contribution is 0.0940. The molecule has 2 aromatic heterocycles. The van der Waals surface area contributed by atoms with Crippen LogP contribution in [0.15, 0.2) is 24.8 Å². The molecule has 0 bridgehead atoms. The molecule has 0 saturated carbocycles. The van der Waals surface area contributed by atoms with Crippen molar-refractivity contribution in [1.29, 1.82) is 0 Å². The highest BCUT2D eigenvalue weighted by Crippen LogP contribution is 2.29. The number of nitrogens with one attached hydrogen (secondary N) is 2. The van der Waals surface area contributed by atoms with E-state index in [0.717, 1.165) is 57.6 Å². The predicted octanol–water partition coefficient (Wildman–Crippen LogP) is 2.54. The third-order valence-electron chi connectivity index (χ3n) is 4.90. The molecule has 4 rings (SSSR count). The van der Waals surface area contributed by atoms with Crippen LogP contribution < -0.4 is 5.32 Å². The summed E-state index contributed by atoms with van der Waals surface area (Å²) < 4.78 is 7.47. The first-order valence-corrected chi connectivity index (χ1v) is 9.00. The fourth-order valence-corrected chi connectivity index (χ4v) is 3.64. The van der Waals surface area contributed by atoms with Crippen molar-refractivity contribution in [2.24, 2.45) is 0 Å². The van der Waals surface area contributed by atoms with Crippen LogP contribution in [0.5, 0.6) is 0 Å². The molecule has 0 spiro atoms. The molecule has 2 aliphatic rings. The number of likely N-dealkylation sites (tertiary alicyclic amines) is 1. The van der Waals surface area contributed by atoms with Crippen molar-refractivity contribution in [3.63, 3.8) is 0 Å². The zero-order valence-electron chi connectivity index (χ0n) is 14.2. The van der Waals surface area contributed by atoms with Crippen molar-refractivity contribution in [1.82, 2.24) is 24.6 Å². The van der Waals surface area contributed by atoms with Crippen molar-refractivity contribution in [3.8, 4) is 0 Å². The van der Waals surface area contributed by atoms with E-state index in [4.69, 9.17) is 4.74 Å². The summed E-state index contributed by atoms with van der Waals surface area (Å²) in [6.07, 6.45) is 12.6. The molecule has 0 aromatic carbocycles. The topological polar surface area (TPSA) is 88.1 Å². The first-order chi connectivity index (χ1) is 12.3. The maximum absolute atomic E-state index is 12.7. The van der Waals surface area contributed by atoms with Gasteiger partial charge in [0, 0.05) is 31.7 Å². The Morgan fingerprint density at radius 1 is 1.36 bits per heavy atom. The molecule has 8 heteroatoms. The third-order valence-corrected chi connectivity index (χ3v) is 4.90. The van der Waals surface area contributed by atoms with E-state index in [1.54, 1.807) is 18.6 Å². The van der Waals surface area contributed by atoms with Crippen LogP contribution in [-0.4, -0.2) is 49.9 Å². The lowest BCUT2D eigenvalue weighted by Crippen LogP contribution is -2.41. The fraction of sp³-hybridized carbons (Fsp3) is 0.588. The van der Waals surface area contributed by atoms with E-state index in [1.807, 2.05) is 15.8 Å². The molecule has 2 saturated heterocycles. The van der Waals surface area contributed by atoms with Crippen LogP contribution in [0.1, 0.15) is 44.0 Å². The molecular weight excluding hydrogens is 320 g/mol. The number of amides is 2. The van der Waals surface area contributed by atoms with Crippen LogP contribution in [0.2, 0.25) is 0 Å². The summed E-state index contributed by atoms with van der Waals surface area (Å²) in [6.45, 7) is 2.30. The van der Waals surface area contributed by atoms with Gasteiger partial charge in [0.1, 0.15) is 5.82 Å². The Labute approximate surface area is 146 Å². The summed E-state index contributed by atoms with van der Waals surface area (Å²) in [4.78, 5) is 22.1. The lowest BCUT2D eigenvalue weighted by atomic mass is 10.0. The number of hydrogen-bond donors (Lipinski definition) is 2. The van der Waals surface area contributed by atoms with E-state index >= 15 is 0 Å². The number of carbonyl (C=O) groups is 1. The van der Waals surface area contributed by atoms with Gasteiger partial charge in [-0.05, 0) is 32.1 Å². The molecule has 134 valence electrons. The van der Waals surface area contributed by atoms with E-state index in [1.165, 1.54) is 0 Å². The molecule has 0 aliphatic carbocycles. The SMILES string of the molecule is O=C(Nc1cnn(C[C@H]2CCCO2)c1)N1CCCC[C@H]1c1ncc[nH]1. The molecule has 2 fully saturated rings. The molecule has 2 amide bonds. The number of piperidine rings is 1. The summed E-state index contributed by atoms with van der Waals surface area (Å²) >= 11 is 0. The highest BCUT2D eigenvalue weighted by Gasteiger charge is 2.29. The first-order valence-electron chi connectivity index (χ1n) is 9.00. The second-order valence-electron chi connectivity index (χ2n) is 6.70. The predicted molar refractivity (Wildman–Crippen MR) is 92.1 cm³/mol. The molecular formula is C17H24N6O2. The fourth-order valence-electron chi connectivity index (χ4n) is 3.64. The zero-order valence-corrected chi connectivity index (χ0v) is 14.2. The maximum Gasteiger partial charge on any atom is 0.322 e. The van der Waals surface area contributed by atoms with Gasteiger partial charge in [-0.1, -0.05) is 0 Å². The molecule has 2 atom stereocenters. The van der Waals surface area contributed by atoms with Gasteiger partial charge < -0.3 is 19.9 Å². The van der Waals surface area contributed by atoms with Crippen molar-refractivity contribution in [2.75, 3.05) is 18.5 Å². The second kappa shape index (κ2) is 7.26. The van der Waals surface area contributed by atoms with E-state index in [-0.39, 0.29) is 18.2 Å². The number of rotatable bonds is 4. The Morgan fingerprint density at radius 3 is 3.12 bits per heavy atom. The zero-order chi connectivity index (χ0) is 17.1. The quantitative estimate of drug-likeness (QED) is 0.892. The normalized spacial score (nSPS) is 23.8. The molecule has 0 unspecified atom stereocenters. The minimum Gasteiger partial charge on any atom is -0.376 e. The Bertz CT molecular complexity index is 692. The highest BCUT2D eigenvalue weighted by atomic mass is 16.5. The van der Waals surface area contributed by atoms with E-state index < -0.39 is 0 Å². The van der Waals surface area contributed by atoms with Crippen LogP contribution >= 0.6 is 0 Å². The van der Waals surface area contributed by atoms with Gasteiger partial charge >= 0.3 is 6.03 Å². The van der Waals surface area contributed by atoms with Crippen LogP contribution in [0, 0.1) is 0 Å². The Kier molecular flexibility index (Phi) is 4.69. The third kappa shape index (κ3) is 3.68. The minimum absolute atomic E-state index is 0.00526. The van der Waals surface area contributed by atoms with Gasteiger partial charge in [0.2, 0.25) is 0 Å². The second-order valence-corrected chi connectivity index (χ2v) is 6.70. The van der Waals surface area contributed by atoms with Gasteiger partial charge in [0.25, 0.3) is 0 Å². The van der Waals surface area contributed by atoms with Crippen LogP contribution in [0.4, 0.5) is 10.5 Å². The number of anilines is 1. The van der Waals surface area contributed by atoms with Gasteiger partial charge in [0.15, 0.2) is 0 Å². The minimum atomic E-state index is -0.0993. The molecule has 2 aliphatic heterocycles. The number of aromatic nitrogens is 4. The van der Waals surface area contributed by atoms with Crippen molar-refractivity contribution < 1.29 is 9.53 Å². The van der Waals surface area contributed by atoms with Gasteiger partial charge in [-0.2, -0.15) is 5.10 Å². The Morgan fingerprint density at radius 2 is 2.32 bits per heavy atom. The largest absolute Gasteiger partial charge is 0.376 e. The number of aromatic amines is 1. The monoisotopic (exact) mass is 344 g/mol. The molecule has 25 heavy (non-hydrogen) atoms. The molecule has 2 N–H and O–H groups in total. The summed E-state index contributed by atoms with van der Waals surface area (Å²) in [6, 6.07) is -0.0940. The number of nitrogens with zero attached hydrogens (tertiary/aromatic N) is 4. The van der Waals surface area contributed by atoms with Crippen LogP contribution in [0.25, 0.3) is 0 Å². The number of ether oxygens (including phenoxy) is 1. The van der Waals surface area contributed by atoms with Gasteiger partial charge in [-0.3, -0.25) is 4.68 Å². The van der Waals surface area contributed by atoms with Gasteiger partial charge in [-0.15, -0.1) is 0 Å². The number of H-pyrrole nitrogens is 1. The first kappa shape index (κ1) is 16.1. The number of imidazole rings is 1. The number of hydrogen-bond acceptors (Lipinski definition) is 4. The maximum atomic E-state index is 12.7. The molecule has 4 heterocycles. The summed E-state index contributed by atoms with van der Waals surface area (Å²) in [7, 11) is 0. The summed E-state index contributed by atoms with van der Waals surface area (Å²) in [5.41, 5.74) is 0.715. The molecule has 0 radical (unpaired) electrons. The van der Waals surface area contributed by atoms with E-state index in [2.05, 4.69) is 20.4 Å². The van der Waals surface area contributed by atoms with E-state index in [0.29, 0.717) is 5.69 Å². The number of carbonyl (C=O) groups excluding carboxylic acids is 1. The van der Waals surface area contributed by atoms with Crippen LogP contribution in [-0.2, 0) is 11.3 Å². The average molecular weight is 344 g/mol. The van der Waals surface area contributed by atoms with Crippen LogP contribution in [0.3, 0.4) is 0 Å². The molecule has 2 aromatic rings. The Balaban J connectivity index is 1.39. The lowest BCUT2D eigenvalue weighted by Gasteiger charge is -2.34. The van der Waals surface area contributed by atoms with Gasteiger partial charge in [-0.25, -0.2) is 9.78 Å². The number of urea groups is 1. The summed E-state index contributed by atoms with van der Waals surface area (Å²) in [5, 5.41) is 7.30. The van der Waals surface area contributed by atoms with Crippen molar-refractivity contribution in [2.45, 2.75) is 50.8 Å². The Hall–Kier alpha value is -2.35. The average Bonchev–Trinajstić information content (AvgIpc) is 3.38. The molecule has 8 nitrogen and oxygen atoms in total. The standard InChI is InChI=1S/C17H24N6O2/c24-17(23-8-2-1-5-15(23)16-18-6-7-19-16)21-13-10-20-22(11-13)12-14-4-3-9-25-14/h6-7,10-11,14-15H,1-5,8-9,12H2,(H,18,19)(H,21,24)/t14-,15+/m1/s1.